The topological polar surface area (TPSA) is 70.6 Å². The lowest BCUT2D eigenvalue weighted by Gasteiger charge is -2.25. The molecule has 0 bridgehead atoms. The second kappa shape index (κ2) is 10.6. The van der Waals surface area contributed by atoms with Crippen molar-refractivity contribution in [2.45, 2.75) is 51.1 Å². The molecule has 2 N–H and O–H groups in total. The van der Waals surface area contributed by atoms with Gasteiger partial charge < -0.3 is 10.6 Å². The molecule has 5 nitrogen and oxygen atoms in total. The molecular weight excluding hydrogens is 480 g/mol. The third kappa shape index (κ3) is 7.56. The van der Waals surface area contributed by atoms with Gasteiger partial charge in [-0.05, 0) is 42.9 Å². The summed E-state index contributed by atoms with van der Waals surface area (Å²) in [6.07, 6.45) is 6.67. The van der Waals surface area contributed by atoms with Crippen molar-refractivity contribution >= 4 is 39.8 Å². The van der Waals surface area contributed by atoms with E-state index in [1.165, 1.54) is 31.4 Å². The predicted molar refractivity (Wildman–Crippen MR) is 118 cm³/mol. The molecule has 1 atom stereocenters. The van der Waals surface area contributed by atoms with Crippen LogP contribution in [0.15, 0.2) is 29.3 Å². The number of guanidine groups is 1. The lowest BCUT2D eigenvalue weighted by molar-refractivity contribution is 0.408. The molecule has 1 aromatic carbocycles. The number of sulfone groups is 1. The fourth-order valence-corrected chi connectivity index (χ4v) is 5.53. The average molecular weight is 509 g/mol. The maximum Gasteiger partial charge on any atom is 0.191 e. The van der Waals surface area contributed by atoms with Gasteiger partial charge in [-0.25, -0.2) is 17.8 Å². The zero-order valence-electron chi connectivity index (χ0n) is 15.5. The largest absolute Gasteiger partial charge is 0.356 e. The van der Waals surface area contributed by atoms with E-state index in [9.17, 15) is 12.8 Å². The standard InChI is InChI=1S/C19H28FN3O2S.HI/c20-17-6-4-5-15(11-17)12-21-19(23-18-7-2-1-3-8-18)22-13-16-9-10-26(24,25)14-16;/h4-6,11,16,18H,1-3,7-10,12-14H2,(H2,21,22,23);1H. The van der Waals surface area contributed by atoms with Crippen molar-refractivity contribution in [1.82, 2.24) is 10.6 Å². The molecule has 2 fully saturated rings. The van der Waals surface area contributed by atoms with Crippen molar-refractivity contribution in [3.63, 3.8) is 0 Å². The smallest absolute Gasteiger partial charge is 0.191 e. The summed E-state index contributed by atoms with van der Waals surface area (Å²) in [5.74, 6) is 1.10. The Bertz CT molecular complexity index is 736. The van der Waals surface area contributed by atoms with Gasteiger partial charge in [0.1, 0.15) is 5.82 Å². The molecule has 1 heterocycles. The minimum atomic E-state index is -2.87. The summed E-state index contributed by atoms with van der Waals surface area (Å²) in [5, 5.41) is 6.79. The summed E-state index contributed by atoms with van der Waals surface area (Å²) >= 11 is 0. The molecule has 1 unspecified atom stereocenters. The van der Waals surface area contributed by atoms with Gasteiger partial charge in [0.25, 0.3) is 0 Å². The first-order valence-corrected chi connectivity index (χ1v) is 11.3. The fourth-order valence-electron chi connectivity index (χ4n) is 3.67. The van der Waals surface area contributed by atoms with Crippen LogP contribution in [-0.2, 0) is 16.4 Å². The Balaban J connectivity index is 0.00000261. The molecule has 0 amide bonds. The first kappa shape index (κ1) is 22.4. The Kier molecular flexibility index (Phi) is 8.78. The molecule has 1 saturated heterocycles. The maximum absolute atomic E-state index is 13.4. The van der Waals surface area contributed by atoms with Crippen LogP contribution >= 0.6 is 24.0 Å². The van der Waals surface area contributed by atoms with Crippen LogP contribution in [0.2, 0.25) is 0 Å². The Labute approximate surface area is 178 Å². The molecule has 2 aliphatic rings. The van der Waals surface area contributed by atoms with Crippen LogP contribution in [0.1, 0.15) is 44.1 Å². The molecule has 1 aromatic rings. The highest BCUT2D eigenvalue weighted by Gasteiger charge is 2.28. The maximum atomic E-state index is 13.4. The highest BCUT2D eigenvalue weighted by Crippen LogP contribution is 2.19. The Morgan fingerprint density at radius 2 is 1.96 bits per heavy atom. The lowest BCUT2D eigenvalue weighted by Crippen LogP contribution is -2.45. The van der Waals surface area contributed by atoms with Crippen LogP contribution in [0.25, 0.3) is 0 Å². The van der Waals surface area contributed by atoms with E-state index in [0.717, 1.165) is 18.4 Å². The number of hydrogen-bond acceptors (Lipinski definition) is 3. The Morgan fingerprint density at radius 1 is 1.19 bits per heavy atom. The summed E-state index contributed by atoms with van der Waals surface area (Å²) in [5.41, 5.74) is 0.818. The van der Waals surface area contributed by atoms with Crippen molar-refractivity contribution in [1.29, 1.82) is 0 Å². The predicted octanol–water partition coefficient (Wildman–Crippen LogP) is 3.25. The van der Waals surface area contributed by atoms with E-state index in [-0.39, 0.29) is 47.2 Å². The molecule has 0 spiro atoms. The van der Waals surface area contributed by atoms with Gasteiger partial charge >= 0.3 is 0 Å². The second-order valence-corrected chi connectivity index (χ2v) is 9.65. The minimum Gasteiger partial charge on any atom is -0.356 e. The van der Waals surface area contributed by atoms with Gasteiger partial charge in [-0.1, -0.05) is 31.4 Å². The monoisotopic (exact) mass is 509 g/mol. The van der Waals surface area contributed by atoms with E-state index in [4.69, 9.17) is 0 Å². The molecular formula is C19H29FIN3O2S. The Hall–Kier alpha value is -0.900. The zero-order valence-corrected chi connectivity index (χ0v) is 18.6. The van der Waals surface area contributed by atoms with Crippen molar-refractivity contribution in [3.8, 4) is 0 Å². The summed E-state index contributed by atoms with van der Waals surface area (Å²) < 4.78 is 36.6. The van der Waals surface area contributed by atoms with Gasteiger partial charge in [0, 0.05) is 12.6 Å². The molecule has 3 rings (SSSR count). The summed E-state index contributed by atoms with van der Waals surface area (Å²) in [7, 11) is -2.87. The van der Waals surface area contributed by atoms with Crippen LogP contribution in [-0.4, -0.2) is 38.5 Å². The Morgan fingerprint density at radius 3 is 2.63 bits per heavy atom. The lowest BCUT2D eigenvalue weighted by atomic mass is 9.96. The number of nitrogens with zero attached hydrogens (tertiary/aromatic N) is 1. The van der Waals surface area contributed by atoms with E-state index in [0.29, 0.717) is 31.5 Å². The van der Waals surface area contributed by atoms with Gasteiger partial charge in [0.15, 0.2) is 15.8 Å². The highest BCUT2D eigenvalue weighted by atomic mass is 127. The number of nitrogens with one attached hydrogen (secondary N) is 2. The SMILES string of the molecule is I.O=S1(=O)CCC(CNC(=NCc2cccc(F)c2)NC2CCCCC2)C1. The van der Waals surface area contributed by atoms with Crippen molar-refractivity contribution in [2.75, 3.05) is 18.1 Å². The molecule has 8 heteroatoms. The van der Waals surface area contributed by atoms with E-state index in [2.05, 4.69) is 15.6 Å². The molecule has 1 aliphatic heterocycles. The summed E-state index contributed by atoms with van der Waals surface area (Å²) in [4.78, 5) is 4.60. The summed E-state index contributed by atoms with van der Waals surface area (Å²) in [6.45, 7) is 0.990. The zero-order chi connectivity index (χ0) is 18.4. The van der Waals surface area contributed by atoms with Crippen LogP contribution < -0.4 is 10.6 Å². The highest BCUT2D eigenvalue weighted by molar-refractivity contribution is 14.0. The number of aliphatic imine (C=N–C) groups is 1. The first-order valence-electron chi connectivity index (χ1n) is 9.50. The third-order valence-corrected chi connectivity index (χ3v) is 6.98. The van der Waals surface area contributed by atoms with Crippen molar-refractivity contribution < 1.29 is 12.8 Å². The van der Waals surface area contributed by atoms with Gasteiger partial charge in [-0.15, -0.1) is 24.0 Å². The van der Waals surface area contributed by atoms with Crippen molar-refractivity contribution in [3.05, 3.63) is 35.6 Å². The molecule has 27 heavy (non-hydrogen) atoms. The summed E-state index contributed by atoms with van der Waals surface area (Å²) in [6, 6.07) is 6.85. The van der Waals surface area contributed by atoms with Crippen LogP contribution in [0.4, 0.5) is 4.39 Å². The van der Waals surface area contributed by atoms with E-state index >= 15 is 0 Å². The quantitative estimate of drug-likeness (QED) is 0.363. The van der Waals surface area contributed by atoms with E-state index in [1.807, 2.05) is 6.07 Å². The molecule has 152 valence electrons. The van der Waals surface area contributed by atoms with Gasteiger partial charge in [0.05, 0.1) is 18.1 Å². The van der Waals surface area contributed by atoms with Gasteiger partial charge in [-0.2, -0.15) is 0 Å². The first-order chi connectivity index (χ1) is 12.5. The van der Waals surface area contributed by atoms with E-state index < -0.39 is 9.84 Å². The molecule has 0 radical (unpaired) electrons. The van der Waals surface area contributed by atoms with Crippen LogP contribution in [0.5, 0.6) is 0 Å². The molecule has 0 aromatic heterocycles. The number of benzene rings is 1. The van der Waals surface area contributed by atoms with Crippen molar-refractivity contribution in [2.24, 2.45) is 10.9 Å². The van der Waals surface area contributed by atoms with Crippen LogP contribution in [0.3, 0.4) is 0 Å². The van der Waals surface area contributed by atoms with Gasteiger partial charge in [-0.3, -0.25) is 0 Å². The molecule has 1 aliphatic carbocycles. The normalized spacial score (nSPS) is 22.9. The van der Waals surface area contributed by atoms with E-state index in [1.54, 1.807) is 6.07 Å². The van der Waals surface area contributed by atoms with Crippen LogP contribution in [0, 0.1) is 11.7 Å². The fraction of sp³-hybridized carbons (Fsp3) is 0.632. The number of halogens is 2. The molecule has 1 saturated carbocycles. The van der Waals surface area contributed by atoms with Gasteiger partial charge in [0.2, 0.25) is 0 Å². The number of hydrogen-bond donors (Lipinski definition) is 2. The minimum absolute atomic E-state index is 0. The number of rotatable bonds is 5. The third-order valence-electron chi connectivity index (χ3n) is 5.14. The average Bonchev–Trinajstić information content (AvgIpc) is 2.97. The second-order valence-electron chi connectivity index (χ2n) is 7.42.